The van der Waals surface area contributed by atoms with E-state index in [2.05, 4.69) is 50.1 Å². The van der Waals surface area contributed by atoms with Crippen molar-refractivity contribution in [2.75, 3.05) is 0 Å². The molecule has 1 N–H and O–H groups in total. The first-order chi connectivity index (χ1) is 11.7. The molecule has 0 saturated heterocycles. The Kier molecular flexibility index (Phi) is 4.23. The fourth-order valence-corrected chi connectivity index (χ4v) is 3.37. The van der Waals surface area contributed by atoms with Gasteiger partial charge < -0.3 is 5.11 Å². The zero-order valence-electron chi connectivity index (χ0n) is 15.2. The van der Waals surface area contributed by atoms with E-state index in [-0.39, 0.29) is 16.6 Å². The summed E-state index contributed by atoms with van der Waals surface area (Å²) in [6, 6.07) is 12.0. The van der Waals surface area contributed by atoms with Crippen LogP contribution in [0.25, 0.3) is 0 Å². The molecule has 25 heavy (non-hydrogen) atoms. The Morgan fingerprint density at radius 2 is 1.36 bits per heavy atom. The number of benzene rings is 1. The second kappa shape index (κ2) is 6.10. The summed E-state index contributed by atoms with van der Waals surface area (Å²) < 4.78 is 0. The van der Waals surface area contributed by atoms with Crippen molar-refractivity contribution in [2.24, 2.45) is 10.2 Å². The first kappa shape index (κ1) is 17.3. The highest BCUT2D eigenvalue weighted by Gasteiger charge is 2.36. The van der Waals surface area contributed by atoms with E-state index in [1.54, 1.807) is 12.1 Å². The van der Waals surface area contributed by atoms with Gasteiger partial charge in [0.1, 0.15) is 0 Å². The molecule has 2 aromatic carbocycles. The monoisotopic (exact) mass is 336 g/mol. The molecule has 0 amide bonds. The first-order valence-electron chi connectivity index (χ1n) is 8.59. The van der Waals surface area contributed by atoms with Crippen LogP contribution in [0.2, 0.25) is 0 Å². The van der Waals surface area contributed by atoms with Crippen LogP contribution in [0.3, 0.4) is 0 Å². The van der Waals surface area contributed by atoms with Gasteiger partial charge in [0.05, 0.1) is 11.4 Å². The topological polar surface area (TPSA) is 62.0 Å². The van der Waals surface area contributed by atoms with Crippen LogP contribution >= 0.6 is 0 Å². The van der Waals surface area contributed by atoms with Crippen LogP contribution < -0.4 is 5.43 Å². The van der Waals surface area contributed by atoms with Crippen molar-refractivity contribution >= 4 is 11.4 Å². The molecule has 130 valence electrons. The predicted molar refractivity (Wildman–Crippen MR) is 100 cm³/mol. The second-order valence-electron chi connectivity index (χ2n) is 8.04. The molecule has 0 fully saturated rings. The largest absolute Gasteiger partial charge is 0.504 e. The van der Waals surface area contributed by atoms with E-state index >= 15 is 0 Å². The Bertz CT molecular complexity index is 898. The number of aromatic hydroxyl groups is 1. The summed E-state index contributed by atoms with van der Waals surface area (Å²) in [6.07, 6.45) is 2.32. The lowest BCUT2D eigenvalue weighted by Crippen LogP contribution is -2.33. The van der Waals surface area contributed by atoms with E-state index in [0.29, 0.717) is 5.69 Å². The lowest BCUT2D eigenvalue weighted by molar-refractivity contribution is 0.332. The van der Waals surface area contributed by atoms with Crippen LogP contribution in [0.15, 0.2) is 57.5 Å². The average Bonchev–Trinajstić information content (AvgIpc) is 2.72. The van der Waals surface area contributed by atoms with E-state index in [9.17, 15) is 9.90 Å². The highest BCUT2D eigenvalue weighted by atomic mass is 16.3. The lowest BCUT2D eigenvalue weighted by Gasteiger charge is -2.41. The Balaban J connectivity index is 1.98. The Labute approximate surface area is 148 Å². The Hall–Kier alpha value is -2.49. The third-order valence-corrected chi connectivity index (χ3v) is 5.19. The molecule has 0 saturated carbocycles. The number of hydrogen-bond donors (Lipinski definition) is 1. The molecule has 0 aromatic heterocycles. The average molecular weight is 336 g/mol. The van der Waals surface area contributed by atoms with Crippen LogP contribution in [-0.4, -0.2) is 5.11 Å². The van der Waals surface area contributed by atoms with Crippen molar-refractivity contribution in [1.29, 1.82) is 0 Å². The van der Waals surface area contributed by atoms with Gasteiger partial charge in [-0.1, -0.05) is 33.8 Å². The van der Waals surface area contributed by atoms with Crippen molar-refractivity contribution in [3.63, 3.8) is 0 Å². The van der Waals surface area contributed by atoms with E-state index in [1.807, 2.05) is 6.07 Å². The standard InChI is InChI=1S/C21H24N2O2/c1-20(2)11-12-21(3,4)17-13-15(5-8-16(17)20)23-22-14-6-9-18(24)19(25)10-7-14/h5-10,13H,11-12H2,1-4H3,(H,24,25). The minimum Gasteiger partial charge on any atom is -0.504 e. The van der Waals surface area contributed by atoms with Crippen molar-refractivity contribution in [2.45, 2.75) is 51.4 Å². The first-order valence-corrected chi connectivity index (χ1v) is 8.59. The molecule has 4 nitrogen and oxygen atoms in total. The van der Waals surface area contributed by atoms with E-state index < -0.39 is 5.43 Å². The highest BCUT2D eigenvalue weighted by molar-refractivity contribution is 5.51. The van der Waals surface area contributed by atoms with Gasteiger partial charge >= 0.3 is 0 Å². The summed E-state index contributed by atoms with van der Waals surface area (Å²) in [5.41, 5.74) is 3.90. The molecule has 0 atom stereocenters. The number of rotatable bonds is 2. The van der Waals surface area contributed by atoms with Gasteiger partial charge in [0.15, 0.2) is 5.75 Å². The Morgan fingerprint density at radius 3 is 2.08 bits per heavy atom. The Morgan fingerprint density at radius 1 is 0.800 bits per heavy atom. The summed E-state index contributed by atoms with van der Waals surface area (Å²) in [5.74, 6) is -0.292. The summed E-state index contributed by atoms with van der Waals surface area (Å²) in [6.45, 7) is 9.13. The maximum absolute atomic E-state index is 11.4. The molecule has 0 unspecified atom stereocenters. The van der Waals surface area contributed by atoms with Crippen molar-refractivity contribution < 1.29 is 5.11 Å². The number of hydrogen-bond acceptors (Lipinski definition) is 4. The summed E-state index contributed by atoms with van der Waals surface area (Å²) >= 11 is 0. The highest BCUT2D eigenvalue weighted by Crippen LogP contribution is 2.46. The number of nitrogens with zero attached hydrogens (tertiary/aromatic N) is 2. The van der Waals surface area contributed by atoms with Gasteiger partial charge in [0.25, 0.3) is 0 Å². The fraction of sp³-hybridized carbons (Fsp3) is 0.381. The van der Waals surface area contributed by atoms with Crippen LogP contribution in [0.1, 0.15) is 51.7 Å². The van der Waals surface area contributed by atoms with Gasteiger partial charge in [-0.05, 0) is 71.2 Å². The lowest BCUT2D eigenvalue weighted by atomic mass is 9.63. The quantitative estimate of drug-likeness (QED) is 0.734. The van der Waals surface area contributed by atoms with Crippen molar-refractivity contribution in [1.82, 2.24) is 0 Å². The minimum absolute atomic E-state index is 0.124. The summed E-state index contributed by atoms with van der Waals surface area (Å²) in [5, 5.41) is 18.0. The molecular formula is C21H24N2O2. The van der Waals surface area contributed by atoms with Gasteiger partial charge in [-0.2, -0.15) is 10.2 Å². The zero-order valence-corrected chi connectivity index (χ0v) is 15.2. The smallest absolute Gasteiger partial charge is 0.220 e. The van der Waals surface area contributed by atoms with E-state index in [0.717, 1.165) is 12.1 Å². The maximum Gasteiger partial charge on any atom is 0.220 e. The third kappa shape index (κ3) is 3.48. The third-order valence-electron chi connectivity index (χ3n) is 5.19. The van der Waals surface area contributed by atoms with Crippen LogP contribution in [0, 0.1) is 0 Å². The molecule has 0 radical (unpaired) electrons. The molecule has 2 aromatic rings. The zero-order chi connectivity index (χ0) is 18.2. The van der Waals surface area contributed by atoms with Gasteiger partial charge in [-0.25, -0.2) is 0 Å². The van der Waals surface area contributed by atoms with Crippen molar-refractivity contribution in [3.05, 3.63) is 63.8 Å². The normalized spacial score (nSPS) is 18.1. The molecule has 0 bridgehead atoms. The van der Waals surface area contributed by atoms with Crippen LogP contribution in [0.5, 0.6) is 5.75 Å². The van der Waals surface area contributed by atoms with Gasteiger partial charge in [-0.3, -0.25) is 4.79 Å². The predicted octanol–water partition coefficient (Wildman–Crippen LogP) is 5.52. The van der Waals surface area contributed by atoms with Crippen LogP contribution in [0.4, 0.5) is 11.4 Å². The molecule has 1 aliphatic carbocycles. The van der Waals surface area contributed by atoms with Crippen LogP contribution in [-0.2, 0) is 10.8 Å². The molecule has 0 heterocycles. The fourth-order valence-electron chi connectivity index (χ4n) is 3.37. The summed E-state index contributed by atoms with van der Waals surface area (Å²) in [7, 11) is 0. The van der Waals surface area contributed by atoms with Gasteiger partial charge in [-0.15, -0.1) is 0 Å². The molecule has 0 aliphatic heterocycles. The maximum atomic E-state index is 11.4. The second-order valence-corrected chi connectivity index (χ2v) is 8.04. The molecule has 4 heteroatoms. The van der Waals surface area contributed by atoms with Gasteiger partial charge in [0.2, 0.25) is 5.43 Å². The van der Waals surface area contributed by atoms with Gasteiger partial charge in [0, 0.05) is 0 Å². The molecule has 0 spiro atoms. The molecular weight excluding hydrogens is 312 g/mol. The molecule has 1 aliphatic rings. The SMILES string of the molecule is CC1(C)CCC(C)(C)c2cc(N=Nc3ccc(O)c(=O)cc3)ccc21. The summed E-state index contributed by atoms with van der Waals surface area (Å²) in [4.78, 5) is 11.4. The number of fused-ring (bicyclic) bond motifs is 1. The minimum atomic E-state index is -0.431. The van der Waals surface area contributed by atoms with E-state index in [4.69, 9.17) is 0 Å². The van der Waals surface area contributed by atoms with E-state index in [1.165, 1.54) is 29.7 Å². The number of azo groups is 1. The van der Waals surface area contributed by atoms with Crippen molar-refractivity contribution in [3.8, 4) is 5.75 Å². The molecule has 3 rings (SSSR count).